The van der Waals surface area contributed by atoms with Crippen molar-refractivity contribution in [1.29, 1.82) is 0 Å². The van der Waals surface area contributed by atoms with E-state index in [9.17, 15) is 4.79 Å². The van der Waals surface area contributed by atoms with E-state index in [0.717, 1.165) is 44.6 Å². The van der Waals surface area contributed by atoms with Crippen molar-refractivity contribution >= 4 is 16.9 Å². The average Bonchev–Trinajstić information content (AvgIpc) is 3.22. The molecule has 0 spiro atoms. The molecule has 1 atom stereocenters. The highest BCUT2D eigenvalue weighted by atomic mass is 16.5. The van der Waals surface area contributed by atoms with E-state index < -0.39 is 0 Å². The molecule has 4 rings (SSSR count). The summed E-state index contributed by atoms with van der Waals surface area (Å²) in [5, 5.41) is 1.01. The van der Waals surface area contributed by atoms with Gasteiger partial charge >= 0.3 is 0 Å². The molecule has 158 valence electrons. The van der Waals surface area contributed by atoms with E-state index in [4.69, 9.17) is 10.5 Å². The lowest BCUT2D eigenvalue weighted by molar-refractivity contribution is -0.129. The van der Waals surface area contributed by atoms with Crippen molar-refractivity contribution in [2.75, 3.05) is 21.2 Å². The minimum Gasteiger partial charge on any atom is -0.496 e. The lowest BCUT2D eigenvalue weighted by atomic mass is 9.97. The van der Waals surface area contributed by atoms with Crippen molar-refractivity contribution in [3.63, 3.8) is 0 Å². The maximum atomic E-state index is 12.0. The number of carbonyl (C=O) groups excluding carboxylic acids is 1. The summed E-state index contributed by atoms with van der Waals surface area (Å²) in [5.74, 6) is 0.821. The predicted octanol–water partition coefficient (Wildman–Crippen LogP) is 4.38. The number of H-pyrrole nitrogens is 1. The van der Waals surface area contributed by atoms with E-state index in [1.165, 1.54) is 0 Å². The standard InChI is InChI=1S/C25H26N4O2/c1-29(2)24(30)13-22(26)17-8-6-7-16(11-17)18-12-20-21(15-28-25(20)27-14-18)19-9-4-5-10-23(19)31-3/h4-12,14-15,22H,13,26H2,1-3H3,(H,27,28). The highest BCUT2D eigenvalue weighted by molar-refractivity contribution is 5.97. The SMILES string of the molecule is COc1ccccc1-c1c[nH]c2ncc(-c3cccc(C(N)CC(=O)N(C)C)c3)cc12. The molecule has 0 aliphatic heterocycles. The number of nitrogens with one attached hydrogen (secondary N) is 1. The minimum absolute atomic E-state index is 0.00904. The van der Waals surface area contributed by atoms with Crippen molar-refractivity contribution in [3.8, 4) is 28.0 Å². The van der Waals surface area contributed by atoms with Crippen LogP contribution in [0.5, 0.6) is 5.75 Å². The van der Waals surface area contributed by atoms with Gasteiger partial charge in [-0.05, 0) is 29.3 Å². The zero-order chi connectivity index (χ0) is 22.0. The number of hydrogen-bond acceptors (Lipinski definition) is 4. The normalized spacial score (nSPS) is 12.0. The number of nitrogens with two attached hydrogens (primary N) is 1. The molecule has 0 aliphatic rings. The van der Waals surface area contributed by atoms with E-state index in [-0.39, 0.29) is 18.4 Å². The molecule has 1 amide bonds. The third kappa shape index (κ3) is 4.15. The van der Waals surface area contributed by atoms with Crippen LogP contribution in [0, 0.1) is 0 Å². The van der Waals surface area contributed by atoms with Gasteiger partial charge in [-0.1, -0.05) is 36.4 Å². The van der Waals surface area contributed by atoms with E-state index in [1.807, 2.05) is 60.9 Å². The molecule has 0 radical (unpaired) electrons. The van der Waals surface area contributed by atoms with Crippen LogP contribution >= 0.6 is 0 Å². The largest absolute Gasteiger partial charge is 0.496 e. The molecule has 0 saturated carbocycles. The molecule has 2 aromatic heterocycles. The van der Waals surface area contributed by atoms with E-state index in [1.54, 1.807) is 26.1 Å². The van der Waals surface area contributed by atoms with Crippen molar-refractivity contribution in [3.05, 3.63) is 72.6 Å². The van der Waals surface area contributed by atoms with Crippen molar-refractivity contribution in [2.45, 2.75) is 12.5 Å². The first-order valence-electron chi connectivity index (χ1n) is 10.1. The Labute approximate surface area is 181 Å². The van der Waals surface area contributed by atoms with Gasteiger partial charge in [0.05, 0.1) is 7.11 Å². The van der Waals surface area contributed by atoms with Crippen LogP contribution < -0.4 is 10.5 Å². The molecule has 31 heavy (non-hydrogen) atoms. The number of benzene rings is 2. The number of nitrogens with zero attached hydrogens (tertiary/aromatic N) is 2. The van der Waals surface area contributed by atoms with Gasteiger partial charge in [0.15, 0.2) is 0 Å². The second-order valence-electron chi connectivity index (χ2n) is 7.75. The van der Waals surface area contributed by atoms with Gasteiger partial charge in [0.25, 0.3) is 0 Å². The Kier molecular flexibility index (Phi) is 5.73. The highest BCUT2D eigenvalue weighted by Gasteiger charge is 2.15. The van der Waals surface area contributed by atoms with Crippen LogP contribution in [0.15, 0.2) is 67.0 Å². The van der Waals surface area contributed by atoms with Gasteiger partial charge in [-0.2, -0.15) is 0 Å². The van der Waals surface area contributed by atoms with Crippen LogP contribution in [0.4, 0.5) is 0 Å². The molecular formula is C25H26N4O2. The van der Waals surface area contributed by atoms with Crippen LogP contribution in [-0.4, -0.2) is 42.0 Å². The maximum Gasteiger partial charge on any atom is 0.223 e. The first kappa shape index (κ1) is 20.6. The van der Waals surface area contributed by atoms with Crippen LogP contribution in [0.25, 0.3) is 33.3 Å². The topological polar surface area (TPSA) is 84.2 Å². The molecular weight excluding hydrogens is 388 g/mol. The Hall–Kier alpha value is -3.64. The van der Waals surface area contributed by atoms with E-state index in [0.29, 0.717) is 0 Å². The summed E-state index contributed by atoms with van der Waals surface area (Å²) in [7, 11) is 5.15. The second kappa shape index (κ2) is 8.62. The number of aromatic nitrogens is 2. The Morgan fingerprint density at radius 2 is 1.90 bits per heavy atom. The number of amides is 1. The Morgan fingerprint density at radius 3 is 2.68 bits per heavy atom. The fraction of sp³-hybridized carbons (Fsp3) is 0.200. The number of aromatic amines is 1. The van der Waals surface area contributed by atoms with Crippen LogP contribution in [0.2, 0.25) is 0 Å². The number of fused-ring (bicyclic) bond motifs is 1. The van der Waals surface area contributed by atoms with E-state index in [2.05, 4.69) is 16.0 Å². The highest BCUT2D eigenvalue weighted by Crippen LogP contribution is 2.36. The molecule has 0 fully saturated rings. The fourth-order valence-corrected chi connectivity index (χ4v) is 3.69. The molecule has 0 aliphatic carbocycles. The van der Waals surface area contributed by atoms with Crippen LogP contribution in [-0.2, 0) is 4.79 Å². The van der Waals surface area contributed by atoms with Gasteiger partial charge in [0.2, 0.25) is 5.91 Å². The number of pyridine rings is 1. The van der Waals surface area contributed by atoms with Gasteiger partial charge in [-0.3, -0.25) is 4.79 Å². The summed E-state index contributed by atoms with van der Waals surface area (Å²) < 4.78 is 5.54. The molecule has 1 unspecified atom stereocenters. The summed E-state index contributed by atoms with van der Waals surface area (Å²) in [6, 6.07) is 17.7. The zero-order valence-electron chi connectivity index (χ0n) is 17.9. The van der Waals surface area contributed by atoms with Crippen molar-refractivity contribution < 1.29 is 9.53 Å². The third-order valence-corrected chi connectivity index (χ3v) is 5.47. The molecule has 2 heterocycles. The molecule has 2 aromatic carbocycles. The smallest absolute Gasteiger partial charge is 0.223 e. The summed E-state index contributed by atoms with van der Waals surface area (Å²) in [4.78, 5) is 21.5. The van der Waals surface area contributed by atoms with E-state index >= 15 is 0 Å². The van der Waals surface area contributed by atoms with Gasteiger partial charge in [0.1, 0.15) is 11.4 Å². The number of carbonyl (C=O) groups is 1. The molecule has 4 aromatic rings. The number of methoxy groups -OCH3 is 1. The number of ether oxygens (including phenoxy) is 1. The van der Waals surface area contributed by atoms with Crippen molar-refractivity contribution in [1.82, 2.24) is 14.9 Å². The predicted molar refractivity (Wildman–Crippen MR) is 124 cm³/mol. The van der Waals surface area contributed by atoms with Crippen LogP contribution in [0.1, 0.15) is 18.0 Å². The summed E-state index contributed by atoms with van der Waals surface area (Å²) in [5.41, 5.74) is 12.1. The van der Waals surface area contributed by atoms with Gasteiger partial charge in [-0.25, -0.2) is 4.98 Å². The third-order valence-electron chi connectivity index (χ3n) is 5.47. The Morgan fingerprint density at radius 1 is 1.10 bits per heavy atom. The van der Waals surface area contributed by atoms with Gasteiger partial charge in [-0.15, -0.1) is 0 Å². The first-order chi connectivity index (χ1) is 15.0. The van der Waals surface area contributed by atoms with Gasteiger partial charge < -0.3 is 20.4 Å². The lowest BCUT2D eigenvalue weighted by Crippen LogP contribution is -2.26. The molecule has 0 saturated heterocycles. The lowest BCUT2D eigenvalue weighted by Gasteiger charge is -2.16. The number of hydrogen-bond donors (Lipinski definition) is 2. The maximum absolute atomic E-state index is 12.0. The second-order valence-corrected chi connectivity index (χ2v) is 7.75. The minimum atomic E-state index is -0.358. The molecule has 3 N–H and O–H groups in total. The fourth-order valence-electron chi connectivity index (χ4n) is 3.69. The molecule has 6 heteroatoms. The summed E-state index contributed by atoms with van der Waals surface area (Å²) in [6.45, 7) is 0. The Bertz CT molecular complexity index is 1230. The Balaban J connectivity index is 1.72. The zero-order valence-corrected chi connectivity index (χ0v) is 17.9. The average molecular weight is 415 g/mol. The summed E-state index contributed by atoms with van der Waals surface area (Å²) in [6.07, 6.45) is 4.07. The van der Waals surface area contributed by atoms with Gasteiger partial charge in [0, 0.05) is 61.0 Å². The number of para-hydroxylation sites is 1. The van der Waals surface area contributed by atoms with Crippen LogP contribution in [0.3, 0.4) is 0 Å². The molecule has 6 nitrogen and oxygen atoms in total. The quantitative estimate of drug-likeness (QED) is 0.490. The van der Waals surface area contributed by atoms with Crippen molar-refractivity contribution in [2.24, 2.45) is 5.73 Å². The number of rotatable bonds is 6. The monoisotopic (exact) mass is 414 g/mol. The first-order valence-corrected chi connectivity index (χ1v) is 10.1. The summed E-state index contributed by atoms with van der Waals surface area (Å²) >= 11 is 0. The molecule has 0 bridgehead atoms.